The van der Waals surface area contributed by atoms with Crippen molar-refractivity contribution in [2.75, 3.05) is 20.1 Å². The molecule has 16 heavy (non-hydrogen) atoms. The van der Waals surface area contributed by atoms with Crippen LogP contribution in [0.1, 0.15) is 12.5 Å². The number of nitrogens with zero attached hydrogens (tertiary/aromatic N) is 1. The van der Waals surface area contributed by atoms with Gasteiger partial charge < -0.3 is 10.6 Å². The van der Waals surface area contributed by atoms with Crippen molar-refractivity contribution in [2.24, 2.45) is 5.73 Å². The summed E-state index contributed by atoms with van der Waals surface area (Å²) in [5.41, 5.74) is 6.93. The molecule has 0 aliphatic heterocycles. The fourth-order valence-corrected chi connectivity index (χ4v) is 1.92. The molecule has 0 aliphatic rings. The lowest BCUT2D eigenvalue weighted by Gasteiger charge is -2.18. The van der Waals surface area contributed by atoms with Gasteiger partial charge in [-0.25, -0.2) is 0 Å². The highest BCUT2D eigenvalue weighted by atomic mass is 35.5. The van der Waals surface area contributed by atoms with Gasteiger partial charge in [-0.3, -0.25) is 0 Å². The highest BCUT2D eigenvalue weighted by molar-refractivity contribution is 6.42. The van der Waals surface area contributed by atoms with Crippen LogP contribution in [-0.2, 0) is 6.42 Å². The van der Waals surface area contributed by atoms with E-state index < -0.39 is 0 Å². The first kappa shape index (κ1) is 13.8. The van der Waals surface area contributed by atoms with Crippen LogP contribution in [0, 0.1) is 0 Å². The van der Waals surface area contributed by atoms with E-state index in [0.29, 0.717) is 10.0 Å². The molecule has 4 heteroatoms. The van der Waals surface area contributed by atoms with Gasteiger partial charge in [-0.2, -0.15) is 0 Å². The molecule has 0 aliphatic carbocycles. The zero-order valence-electron chi connectivity index (χ0n) is 9.71. The first-order chi connectivity index (χ1) is 7.49. The van der Waals surface area contributed by atoms with E-state index in [1.54, 1.807) is 0 Å². The van der Waals surface area contributed by atoms with Crippen LogP contribution in [0.15, 0.2) is 18.2 Å². The van der Waals surface area contributed by atoms with Crippen LogP contribution in [-0.4, -0.2) is 31.1 Å². The van der Waals surface area contributed by atoms with Crippen molar-refractivity contribution in [1.82, 2.24) is 4.90 Å². The Balaban J connectivity index is 2.45. The van der Waals surface area contributed by atoms with E-state index in [-0.39, 0.29) is 6.04 Å². The first-order valence-corrected chi connectivity index (χ1v) is 6.12. The van der Waals surface area contributed by atoms with E-state index in [2.05, 4.69) is 11.9 Å². The molecule has 0 radical (unpaired) electrons. The van der Waals surface area contributed by atoms with E-state index in [9.17, 15) is 0 Å². The highest BCUT2D eigenvalue weighted by Crippen LogP contribution is 2.22. The zero-order chi connectivity index (χ0) is 12.1. The van der Waals surface area contributed by atoms with Gasteiger partial charge in [0.15, 0.2) is 0 Å². The quantitative estimate of drug-likeness (QED) is 0.883. The van der Waals surface area contributed by atoms with Crippen molar-refractivity contribution in [3.63, 3.8) is 0 Å². The van der Waals surface area contributed by atoms with Crippen LogP contribution in [0.4, 0.5) is 0 Å². The lowest BCUT2D eigenvalue weighted by Crippen LogP contribution is -2.34. The minimum absolute atomic E-state index is 0.207. The van der Waals surface area contributed by atoms with Crippen LogP contribution in [0.2, 0.25) is 10.0 Å². The van der Waals surface area contributed by atoms with Crippen molar-refractivity contribution in [3.05, 3.63) is 33.8 Å². The number of hydrogen-bond acceptors (Lipinski definition) is 2. The Morgan fingerprint density at radius 1 is 1.31 bits per heavy atom. The minimum Gasteiger partial charge on any atom is -0.327 e. The average molecular weight is 261 g/mol. The van der Waals surface area contributed by atoms with Gasteiger partial charge in [-0.1, -0.05) is 29.3 Å². The van der Waals surface area contributed by atoms with Gasteiger partial charge in [-0.05, 0) is 38.1 Å². The molecule has 0 fully saturated rings. The fraction of sp³-hybridized carbons (Fsp3) is 0.500. The van der Waals surface area contributed by atoms with E-state index in [1.165, 1.54) is 5.56 Å². The molecule has 1 aromatic carbocycles. The topological polar surface area (TPSA) is 29.3 Å². The monoisotopic (exact) mass is 260 g/mol. The number of halogens is 2. The van der Waals surface area contributed by atoms with E-state index in [1.807, 2.05) is 25.1 Å². The minimum atomic E-state index is 0.207. The van der Waals surface area contributed by atoms with Crippen molar-refractivity contribution in [2.45, 2.75) is 19.4 Å². The second kappa shape index (κ2) is 6.45. The van der Waals surface area contributed by atoms with Gasteiger partial charge in [0, 0.05) is 19.1 Å². The second-order valence-corrected chi connectivity index (χ2v) is 5.05. The summed E-state index contributed by atoms with van der Waals surface area (Å²) in [6.45, 7) is 3.89. The summed E-state index contributed by atoms with van der Waals surface area (Å²) in [5, 5.41) is 1.23. The summed E-state index contributed by atoms with van der Waals surface area (Å²) in [7, 11) is 2.07. The van der Waals surface area contributed by atoms with E-state index >= 15 is 0 Å². The molecule has 1 unspecified atom stereocenters. The third kappa shape index (κ3) is 4.71. The Morgan fingerprint density at radius 2 is 2.00 bits per heavy atom. The number of nitrogens with two attached hydrogens (primary N) is 1. The molecule has 0 spiro atoms. The number of likely N-dealkylation sites (N-methyl/N-ethyl adjacent to an activating group) is 1. The summed E-state index contributed by atoms with van der Waals surface area (Å²) >= 11 is 11.8. The van der Waals surface area contributed by atoms with Crippen LogP contribution >= 0.6 is 23.2 Å². The van der Waals surface area contributed by atoms with Crippen molar-refractivity contribution >= 4 is 23.2 Å². The highest BCUT2D eigenvalue weighted by Gasteiger charge is 2.04. The molecule has 2 nitrogen and oxygen atoms in total. The molecular formula is C12H18Cl2N2. The van der Waals surface area contributed by atoms with Gasteiger partial charge in [0.05, 0.1) is 10.0 Å². The lowest BCUT2D eigenvalue weighted by atomic mass is 10.1. The van der Waals surface area contributed by atoms with Gasteiger partial charge in [0.25, 0.3) is 0 Å². The number of hydrogen-bond donors (Lipinski definition) is 1. The maximum absolute atomic E-state index is 5.95. The molecule has 0 bridgehead atoms. The number of rotatable bonds is 5. The Hall–Kier alpha value is -0.280. The van der Waals surface area contributed by atoms with E-state index in [0.717, 1.165) is 19.5 Å². The lowest BCUT2D eigenvalue weighted by molar-refractivity contribution is 0.321. The van der Waals surface area contributed by atoms with Crippen LogP contribution < -0.4 is 5.73 Å². The standard InChI is InChI=1S/C12H18Cl2N2/c1-9(15)8-16(2)6-5-10-3-4-11(13)12(14)7-10/h3-4,7,9H,5-6,8,15H2,1-2H3. The van der Waals surface area contributed by atoms with Gasteiger partial charge >= 0.3 is 0 Å². The predicted octanol–water partition coefficient (Wildman–Crippen LogP) is 2.81. The maximum atomic E-state index is 5.95. The maximum Gasteiger partial charge on any atom is 0.0595 e. The number of benzene rings is 1. The van der Waals surface area contributed by atoms with Crippen molar-refractivity contribution < 1.29 is 0 Å². The molecule has 1 aromatic rings. The largest absolute Gasteiger partial charge is 0.327 e. The second-order valence-electron chi connectivity index (χ2n) is 4.24. The molecule has 1 atom stereocenters. The van der Waals surface area contributed by atoms with Gasteiger partial charge in [-0.15, -0.1) is 0 Å². The molecule has 90 valence electrons. The van der Waals surface area contributed by atoms with Crippen LogP contribution in [0.3, 0.4) is 0 Å². The molecule has 0 saturated heterocycles. The van der Waals surface area contributed by atoms with E-state index in [4.69, 9.17) is 28.9 Å². The molecule has 0 amide bonds. The Labute approximate surface area is 107 Å². The summed E-state index contributed by atoms with van der Waals surface area (Å²) < 4.78 is 0. The SMILES string of the molecule is CC(N)CN(C)CCc1ccc(Cl)c(Cl)c1. The van der Waals surface area contributed by atoms with Crippen LogP contribution in [0.5, 0.6) is 0 Å². The summed E-state index contributed by atoms with van der Waals surface area (Å²) in [6.07, 6.45) is 0.958. The van der Waals surface area contributed by atoms with Crippen LogP contribution in [0.25, 0.3) is 0 Å². The molecule has 0 heterocycles. The molecular weight excluding hydrogens is 243 g/mol. The summed E-state index contributed by atoms with van der Waals surface area (Å²) in [6, 6.07) is 5.97. The summed E-state index contributed by atoms with van der Waals surface area (Å²) in [4.78, 5) is 2.22. The normalized spacial score (nSPS) is 13.1. The first-order valence-electron chi connectivity index (χ1n) is 5.37. The average Bonchev–Trinajstić information content (AvgIpc) is 2.19. The molecule has 0 aromatic heterocycles. The smallest absolute Gasteiger partial charge is 0.0595 e. The Morgan fingerprint density at radius 3 is 2.56 bits per heavy atom. The zero-order valence-corrected chi connectivity index (χ0v) is 11.2. The molecule has 2 N–H and O–H groups in total. The summed E-state index contributed by atoms with van der Waals surface area (Å²) in [5.74, 6) is 0. The Bertz CT molecular complexity index is 340. The Kier molecular flexibility index (Phi) is 5.56. The fourth-order valence-electron chi connectivity index (χ4n) is 1.60. The molecule has 0 saturated carbocycles. The predicted molar refractivity (Wildman–Crippen MR) is 71.3 cm³/mol. The van der Waals surface area contributed by atoms with Crippen molar-refractivity contribution in [1.29, 1.82) is 0 Å². The third-order valence-electron chi connectivity index (χ3n) is 2.37. The molecule has 1 rings (SSSR count). The third-order valence-corrected chi connectivity index (χ3v) is 3.10. The van der Waals surface area contributed by atoms with Crippen molar-refractivity contribution in [3.8, 4) is 0 Å². The van der Waals surface area contributed by atoms with Gasteiger partial charge in [0.1, 0.15) is 0 Å². The van der Waals surface area contributed by atoms with Gasteiger partial charge in [0.2, 0.25) is 0 Å².